The van der Waals surface area contributed by atoms with Crippen molar-refractivity contribution in [2.45, 2.75) is 19.4 Å². The number of pyridine rings is 1. The molecule has 0 atom stereocenters. The number of rotatable bonds is 5. The van der Waals surface area contributed by atoms with Crippen molar-refractivity contribution in [2.24, 2.45) is 5.73 Å². The minimum absolute atomic E-state index is 0.140. The van der Waals surface area contributed by atoms with E-state index in [9.17, 15) is 13.6 Å². The number of aromatic nitrogens is 5. The van der Waals surface area contributed by atoms with Crippen LogP contribution in [0.2, 0.25) is 0 Å². The average Bonchev–Trinajstić information content (AvgIpc) is 3.21. The molecule has 1 aliphatic heterocycles. The van der Waals surface area contributed by atoms with E-state index in [4.69, 9.17) is 5.73 Å². The summed E-state index contributed by atoms with van der Waals surface area (Å²) in [6.45, 7) is 2.50. The van der Waals surface area contributed by atoms with E-state index in [0.29, 0.717) is 35.8 Å². The van der Waals surface area contributed by atoms with Crippen LogP contribution in [0.3, 0.4) is 0 Å². The Hall–Kier alpha value is -3.99. The van der Waals surface area contributed by atoms with Crippen LogP contribution in [0.15, 0.2) is 48.8 Å². The van der Waals surface area contributed by atoms with Crippen molar-refractivity contribution < 1.29 is 13.6 Å². The summed E-state index contributed by atoms with van der Waals surface area (Å²) in [5.41, 5.74) is 7.99. The summed E-state index contributed by atoms with van der Waals surface area (Å²) in [4.78, 5) is 22.9. The first kappa shape index (κ1) is 20.9. The average molecular weight is 450 g/mol. The van der Waals surface area contributed by atoms with E-state index >= 15 is 0 Å². The number of alkyl halides is 2. The van der Waals surface area contributed by atoms with Crippen molar-refractivity contribution in [3.63, 3.8) is 0 Å². The molecule has 4 aromatic rings. The van der Waals surface area contributed by atoms with Crippen LogP contribution < -0.4 is 11.1 Å². The second-order valence-electron chi connectivity index (χ2n) is 7.88. The van der Waals surface area contributed by atoms with E-state index in [1.807, 2.05) is 37.3 Å². The predicted molar refractivity (Wildman–Crippen MR) is 118 cm³/mol. The third-order valence-electron chi connectivity index (χ3n) is 5.41. The number of aryl methyl sites for hydroxylation is 1. The van der Waals surface area contributed by atoms with Crippen LogP contribution in [-0.2, 0) is 0 Å². The van der Waals surface area contributed by atoms with E-state index in [0.717, 1.165) is 11.4 Å². The maximum Gasteiger partial charge on any atom is 0.273 e. The molecule has 33 heavy (non-hydrogen) atoms. The summed E-state index contributed by atoms with van der Waals surface area (Å²) in [7, 11) is 0. The van der Waals surface area contributed by atoms with Gasteiger partial charge < -0.3 is 16.0 Å². The number of fused-ring (bicyclic) bond motifs is 1. The van der Waals surface area contributed by atoms with Crippen molar-refractivity contribution in [1.29, 1.82) is 0 Å². The number of anilines is 2. The van der Waals surface area contributed by atoms with Gasteiger partial charge in [0.05, 0.1) is 16.7 Å². The van der Waals surface area contributed by atoms with Gasteiger partial charge in [-0.25, -0.2) is 18.7 Å². The number of carbonyl (C=O) groups excluding carboxylic acids is 1. The molecule has 3 N–H and O–H groups in total. The van der Waals surface area contributed by atoms with E-state index in [-0.39, 0.29) is 11.7 Å². The fourth-order valence-corrected chi connectivity index (χ4v) is 3.66. The van der Waals surface area contributed by atoms with E-state index in [1.165, 1.54) is 23.4 Å². The second kappa shape index (κ2) is 8.17. The van der Waals surface area contributed by atoms with Crippen molar-refractivity contribution in [1.82, 2.24) is 29.6 Å². The first-order valence-corrected chi connectivity index (χ1v) is 10.3. The zero-order valence-electron chi connectivity index (χ0n) is 17.6. The zero-order valence-corrected chi connectivity index (χ0v) is 17.6. The predicted octanol–water partition coefficient (Wildman–Crippen LogP) is 2.98. The number of imidazole rings is 1. The Balaban J connectivity index is 1.47. The van der Waals surface area contributed by atoms with Crippen molar-refractivity contribution in [3.8, 4) is 5.82 Å². The number of halogens is 2. The van der Waals surface area contributed by atoms with Gasteiger partial charge in [-0.2, -0.15) is 5.10 Å². The lowest BCUT2D eigenvalue weighted by atomic mass is 10.1. The molecular weight excluding hydrogens is 430 g/mol. The minimum Gasteiger partial charge on any atom is -0.339 e. The lowest BCUT2D eigenvalue weighted by molar-refractivity contribution is 0.0590. The third kappa shape index (κ3) is 3.98. The molecule has 4 heterocycles. The quantitative estimate of drug-likeness (QED) is 0.480. The summed E-state index contributed by atoms with van der Waals surface area (Å²) in [5, 5.41) is 11.3. The van der Waals surface area contributed by atoms with Gasteiger partial charge in [-0.1, -0.05) is 0 Å². The number of nitrogens with two attached hydrogens (primary N) is 1. The molecule has 11 heteroatoms. The van der Waals surface area contributed by atoms with Gasteiger partial charge in [-0.05, 0) is 49.4 Å². The Morgan fingerprint density at radius 2 is 1.97 bits per heavy atom. The molecule has 0 radical (unpaired) electrons. The van der Waals surface area contributed by atoms with Gasteiger partial charge in [-0.15, -0.1) is 5.10 Å². The van der Waals surface area contributed by atoms with Crippen LogP contribution in [0.4, 0.5) is 20.3 Å². The fourth-order valence-electron chi connectivity index (χ4n) is 3.66. The monoisotopic (exact) mass is 450 g/mol. The van der Waals surface area contributed by atoms with Gasteiger partial charge in [0.25, 0.3) is 12.3 Å². The highest BCUT2D eigenvalue weighted by molar-refractivity contribution is 5.95. The standard InChI is InChI=1S/C22H20F2N8O/c1-12-2-6-18(30-29-12)27-14-3-5-17-16(8-14)26-11-32(17)19-7-4-15(21(23)24)20(28-19)22(33)31-9-13(25)10-31/h2-8,11,13,21H,9-10,25H2,1H3,(H,27,30). The van der Waals surface area contributed by atoms with Crippen molar-refractivity contribution in [3.05, 3.63) is 65.7 Å². The van der Waals surface area contributed by atoms with E-state index < -0.39 is 17.9 Å². The topological polar surface area (TPSA) is 115 Å². The van der Waals surface area contributed by atoms with Crippen LogP contribution in [-0.4, -0.2) is 54.7 Å². The van der Waals surface area contributed by atoms with Crippen molar-refractivity contribution in [2.75, 3.05) is 18.4 Å². The SMILES string of the molecule is Cc1ccc(Nc2ccc3c(c2)ncn3-c2ccc(C(F)F)c(C(=O)N3CC(N)C3)n2)nn1. The molecule has 5 rings (SSSR count). The Morgan fingerprint density at radius 3 is 2.67 bits per heavy atom. The number of hydrogen-bond donors (Lipinski definition) is 2. The molecule has 9 nitrogen and oxygen atoms in total. The van der Waals surface area contributed by atoms with Gasteiger partial charge in [0.15, 0.2) is 5.82 Å². The van der Waals surface area contributed by atoms with Crippen molar-refractivity contribution >= 4 is 28.4 Å². The van der Waals surface area contributed by atoms with Crippen LogP contribution in [0.1, 0.15) is 28.2 Å². The van der Waals surface area contributed by atoms with Gasteiger partial charge in [0, 0.05) is 30.4 Å². The summed E-state index contributed by atoms with van der Waals surface area (Å²) < 4.78 is 28.8. The fraction of sp³-hybridized carbons (Fsp3) is 0.227. The molecule has 1 fully saturated rings. The molecule has 3 aromatic heterocycles. The Bertz CT molecular complexity index is 1330. The lowest BCUT2D eigenvalue weighted by Crippen LogP contribution is -2.58. The first-order valence-electron chi connectivity index (χ1n) is 10.3. The number of amides is 1. The molecule has 1 aliphatic rings. The van der Waals surface area contributed by atoms with Gasteiger partial charge >= 0.3 is 0 Å². The smallest absolute Gasteiger partial charge is 0.273 e. The Kier molecular flexibility index (Phi) is 5.17. The van der Waals surface area contributed by atoms with Crippen LogP contribution in [0, 0.1) is 6.92 Å². The molecule has 0 unspecified atom stereocenters. The minimum atomic E-state index is -2.82. The highest BCUT2D eigenvalue weighted by Gasteiger charge is 2.32. The second-order valence-corrected chi connectivity index (χ2v) is 7.88. The van der Waals surface area contributed by atoms with Crippen LogP contribution in [0.5, 0.6) is 0 Å². The van der Waals surface area contributed by atoms with Gasteiger partial charge in [0.2, 0.25) is 0 Å². The maximum absolute atomic E-state index is 13.6. The third-order valence-corrected chi connectivity index (χ3v) is 5.41. The van der Waals surface area contributed by atoms with Gasteiger partial charge in [-0.3, -0.25) is 9.36 Å². The first-order chi connectivity index (χ1) is 15.9. The summed E-state index contributed by atoms with van der Waals surface area (Å²) in [6.07, 6.45) is -1.28. The summed E-state index contributed by atoms with van der Waals surface area (Å²) >= 11 is 0. The largest absolute Gasteiger partial charge is 0.339 e. The highest BCUT2D eigenvalue weighted by Crippen LogP contribution is 2.27. The highest BCUT2D eigenvalue weighted by atomic mass is 19.3. The van der Waals surface area contributed by atoms with E-state index in [1.54, 1.807) is 4.57 Å². The molecule has 1 saturated heterocycles. The van der Waals surface area contributed by atoms with E-state index in [2.05, 4.69) is 25.5 Å². The molecular formula is C22H20F2N8O. The Labute approximate surface area is 187 Å². The molecule has 1 aromatic carbocycles. The summed E-state index contributed by atoms with van der Waals surface area (Å²) in [5.74, 6) is 0.363. The van der Waals surface area contributed by atoms with Gasteiger partial charge in [0.1, 0.15) is 17.8 Å². The van der Waals surface area contributed by atoms with Crippen LogP contribution >= 0.6 is 0 Å². The Morgan fingerprint density at radius 1 is 1.15 bits per heavy atom. The number of benzene rings is 1. The number of nitrogens with one attached hydrogen (secondary N) is 1. The lowest BCUT2D eigenvalue weighted by Gasteiger charge is -2.36. The molecule has 168 valence electrons. The molecule has 0 aliphatic carbocycles. The maximum atomic E-state index is 13.6. The number of likely N-dealkylation sites (tertiary alicyclic amines) is 1. The normalized spacial score (nSPS) is 14.0. The number of hydrogen-bond acceptors (Lipinski definition) is 7. The number of carbonyl (C=O) groups is 1. The van der Waals surface area contributed by atoms with Crippen LogP contribution in [0.25, 0.3) is 16.9 Å². The molecule has 1 amide bonds. The molecule has 0 saturated carbocycles. The summed E-state index contributed by atoms with van der Waals surface area (Å²) in [6, 6.07) is 11.7. The number of nitrogens with zero attached hydrogens (tertiary/aromatic N) is 6. The molecule has 0 spiro atoms. The molecule has 0 bridgehead atoms. The zero-order chi connectivity index (χ0) is 23.1.